The summed E-state index contributed by atoms with van der Waals surface area (Å²) in [4.78, 5) is 20.0. The minimum atomic E-state index is -0.316. The fourth-order valence-corrected chi connectivity index (χ4v) is 11.5. The summed E-state index contributed by atoms with van der Waals surface area (Å²) in [6.07, 6.45) is 9.67. The molecule has 0 radical (unpaired) electrons. The van der Waals surface area contributed by atoms with E-state index in [1.165, 1.54) is 105 Å². The van der Waals surface area contributed by atoms with Gasteiger partial charge in [0.15, 0.2) is 0 Å². The number of nitrogens with zero attached hydrogens (tertiary/aromatic N) is 2. The molecule has 0 amide bonds. The van der Waals surface area contributed by atoms with E-state index < -0.39 is 0 Å². The monoisotopic (exact) mass is 901 g/mol. The van der Waals surface area contributed by atoms with Crippen molar-refractivity contribution in [1.82, 2.24) is 0 Å². The highest BCUT2D eigenvalue weighted by atomic mass is 16.5. The van der Waals surface area contributed by atoms with E-state index in [1.807, 2.05) is 30.3 Å². The van der Waals surface area contributed by atoms with Gasteiger partial charge in [0.05, 0.1) is 5.56 Å². The second-order valence-corrected chi connectivity index (χ2v) is 24.8. The summed E-state index contributed by atoms with van der Waals surface area (Å²) in [5.41, 5.74) is 21.4. The molecule has 10 rings (SSSR count). The van der Waals surface area contributed by atoms with E-state index in [2.05, 4.69) is 172 Å². The van der Waals surface area contributed by atoms with Crippen LogP contribution < -0.4 is 26.2 Å². The first-order valence-electron chi connectivity index (χ1n) is 25.7. The van der Waals surface area contributed by atoms with Crippen LogP contribution in [0.25, 0.3) is 0 Å². The predicted octanol–water partition coefficient (Wildman–Crippen LogP) is 14.9. The normalized spacial score (nSPS) is 16.0. The fraction of sp³-hybridized carbons (Fsp3) is 0.413. The van der Waals surface area contributed by atoms with Crippen LogP contribution in [0.1, 0.15) is 182 Å². The van der Waals surface area contributed by atoms with Crippen LogP contribution in [0.5, 0.6) is 0 Å². The molecule has 6 aromatic carbocycles. The molecule has 0 spiro atoms. The third kappa shape index (κ3) is 8.51. The minimum Gasteiger partial charge on any atom is -0.457 e. The molecule has 1 saturated carbocycles. The number of hydrogen-bond donors (Lipinski definition) is 0. The molecule has 0 saturated heterocycles. The van der Waals surface area contributed by atoms with E-state index in [0.29, 0.717) is 11.5 Å². The Labute approximate surface area is 408 Å². The second-order valence-electron chi connectivity index (χ2n) is 24.8. The van der Waals surface area contributed by atoms with Crippen molar-refractivity contribution in [3.63, 3.8) is 0 Å². The van der Waals surface area contributed by atoms with Gasteiger partial charge in [0, 0.05) is 34.1 Å². The number of ether oxygens (including phenoxy) is 1. The Morgan fingerprint density at radius 3 is 1.54 bits per heavy atom. The summed E-state index contributed by atoms with van der Waals surface area (Å²) in [6, 6.07) is 41.6. The maximum absolute atomic E-state index is 14.9. The van der Waals surface area contributed by atoms with Gasteiger partial charge in [-0.05, 0) is 169 Å². The summed E-state index contributed by atoms with van der Waals surface area (Å²) in [5, 5.41) is 0. The topological polar surface area (TPSA) is 32.8 Å². The Bertz CT molecular complexity index is 2870. The number of aryl methyl sites for hydroxylation is 2. The largest absolute Gasteiger partial charge is 0.457 e. The zero-order chi connectivity index (χ0) is 48.1. The van der Waals surface area contributed by atoms with Gasteiger partial charge < -0.3 is 14.5 Å². The summed E-state index contributed by atoms with van der Waals surface area (Å²) >= 11 is 0. The van der Waals surface area contributed by atoms with Crippen molar-refractivity contribution in [3.8, 4) is 0 Å². The molecule has 0 bridgehead atoms. The number of fused-ring (bicyclic) bond motifs is 5. The molecular weight excluding hydrogens is 828 g/mol. The third-order valence-corrected chi connectivity index (χ3v) is 15.6. The van der Waals surface area contributed by atoms with Crippen LogP contribution in [0, 0.1) is 0 Å². The second kappa shape index (κ2) is 16.8. The van der Waals surface area contributed by atoms with Gasteiger partial charge in [0.25, 0.3) is 6.71 Å². The Hall–Kier alpha value is -5.55. The molecule has 0 atom stereocenters. The van der Waals surface area contributed by atoms with Crippen LogP contribution in [-0.4, -0.2) is 12.7 Å². The van der Waals surface area contributed by atoms with E-state index in [9.17, 15) is 4.79 Å². The van der Waals surface area contributed by atoms with Crippen LogP contribution in [0.3, 0.4) is 0 Å². The van der Waals surface area contributed by atoms with E-state index in [1.54, 1.807) is 0 Å². The molecule has 6 aromatic rings. The molecule has 0 unspecified atom stereocenters. The van der Waals surface area contributed by atoms with Crippen LogP contribution in [0.2, 0.25) is 0 Å². The molecule has 4 aliphatic rings. The molecule has 350 valence electrons. The van der Waals surface area contributed by atoms with Crippen LogP contribution in [-0.2, 0) is 45.8 Å². The minimum absolute atomic E-state index is 0.0426. The number of carbonyl (C=O) groups is 1. The van der Waals surface area contributed by atoms with Gasteiger partial charge in [-0.2, -0.15) is 0 Å². The Morgan fingerprint density at radius 2 is 1.03 bits per heavy atom. The first-order valence-corrected chi connectivity index (χ1v) is 25.7. The van der Waals surface area contributed by atoms with Gasteiger partial charge in [-0.3, -0.25) is 0 Å². The van der Waals surface area contributed by atoms with E-state index in [0.717, 1.165) is 41.2 Å². The molecule has 1 fully saturated rings. The van der Waals surface area contributed by atoms with Crippen molar-refractivity contribution in [2.45, 2.75) is 169 Å². The molecule has 4 nitrogen and oxygen atoms in total. The number of hydrogen-bond acceptors (Lipinski definition) is 4. The van der Waals surface area contributed by atoms with Gasteiger partial charge in [-0.15, -0.1) is 0 Å². The number of anilines is 6. The maximum Gasteiger partial charge on any atom is 0.338 e. The number of benzene rings is 6. The zero-order valence-corrected chi connectivity index (χ0v) is 43.1. The van der Waals surface area contributed by atoms with Crippen LogP contribution in [0.15, 0.2) is 109 Å². The van der Waals surface area contributed by atoms with Crippen molar-refractivity contribution >= 4 is 63.2 Å². The lowest BCUT2D eigenvalue weighted by Gasteiger charge is -2.45. The van der Waals surface area contributed by atoms with Gasteiger partial charge in [-0.1, -0.05) is 163 Å². The predicted molar refractivity (Wildman–Crippen MR) is 289 cm³/mol. The summed E-state index contributed by atoms with van der Waals surface area (Å²) in [7, 11) is 0. The summed E-state index contributed by atoms with van der Waals surface area (Å²) in [6.45, 7) is 28.1. The van der Waals surface area contributed by atoms with Crippen molar-refractivity contribution in [2.75, 3.05) is 9.80 Å². The lowest BCUT2D eigenvalue weighted by Crippen LogP contribution is -2.61. The first-order chi connectivity index (χ1) is 32.1. The zero-order valence-electron chi connectivity index (χ0n) is 43.1. The number of carbonyl (C=O) groups excluding carboxylic acids is 1. The lowest BCUT2D eigenvalue weighted by molar-refractivity contribution is 0.0472. The highest BCUT2D eigenvalue weighted by Gasteiger charge is 2.45. The Morgan fingerprint density at radius 1 is 0.529 bits per heavy atom. The highest BCUT2D eigenvalue weighted by molar-refractivity contribution is 7.00. The average Bonchev–Trinajstić information content (AvgIpc) is 3.76. The van der Waals surface area contributed by atoms with Crippen molar-refractivity contribution in [2.24, 2.45) is 0 Å². The van der Waals surface area contributed by atoms with Crippen molar-refractivity contribution in [3.05, 3.63) is 159 Å². The fourth-order valence-electron chi connectivity index (χ4n) is 11.5. The summed E-state index contributed by atoms with van der Waals surface area (Å²) < 4.78 is 6.31. The molecule has 0 aromatic heterocycles. The van der Waals surface area contributed by atoms with Crippen molar-refractivity contribution in [1.29, 1.82) is 0 Å². The quantitative estimate of drug-likeness (QED) is 0.123. The molecule has 0 N–H and O–H groups in total. The summed E-state index contributed by atoms with van der Waals surface area (Å²) in [5.74, 6) is 0.214. The Kier molecular flexibility index (Phi) is 11.4. The smallest absolute Gasteiger partial charge is 0.338 e. The molecule has 2 heterocycles. The number of rotatable bonds is 6. The van der Waals surface area contributed by atoms with E-state index >= 15 is 0 Å². The number of esters is 1. The average molecular weight is 901 g/mol. The van der Waals surface area contributed by atoms with Gasteiger partial charge in [-0.25, -0.2) is 4.79 Å². The highest BCUT2D eigenvalue weighted by Crippen LogP contribution is 2.49. The van der Waals surface area contributed by atoms with Gasteiger partial charge >= 0.3 is 5.97 Å². The van der Waals surface area contributed by atoms with E-state index in [-0.39, 0.29) is 40.9 Å². The van der Waals surface area contributed by atoms with Gasteiger partial charge in [0.1, 0.15) is 6.61 Å². The maximum atomic E-state index is 14.9. The SMILES string of the molecule is CC(C)(C)c1cc(N2c3cc(C4CCCCC4)ccc3B3c4cc5c(cc4N(c4cc(C(C)(C)C)cc(C(C)(C)C)c4)c4cc(C(=O)OCc6ccccc6)cc2c43)CCC5)cc(C(C)(C)C)c1. The standard InChI is InChI=1S/C63H73BN2O2/c1-60(2,3)46-33-47(61(4,5)6)36-50(35-46)65-54-30-44(41-22-17-14-18-23-41)26-27-52(54)64-53-28-42-24-19-25-43(42)29-55(53)66(51-37-48(62(7,8)9)34-49(38-51)63(10,11)12)57-32-45(31-56(65)58(57)64)59(67)68-39-40-20-15-13-16-21-40/h13,15-16,20-21,26-38,41H,14,17-19,22-25,39H2,1-12H3. The molecule has 2 aliphatic carbocycles. The van der Waals surface area contributed by atoms with Crippen LogP contribution in [0.4, 0.5) is 34.1 Å². The van der Waals surface area contributed by atoms with E-state index in [4.69, 9.17) is 4.74 Å². The first kappa shape index (κ1) is 46.2. The molecular formula is C63H73BN2O2. The molecule has 5 heteroatoms. The van der Waals surface area contributed by atoms with Crippen molar-refractivity contribution < 1.29 is 9.53 Å². The Balaban J connectivity index is 1.32. The molecule has 68 heavy (non-hydrogen) atoms. The lowest BCUT2D eigenvalue weighted by atomic mass is 9.33. The van der Waals surface area contributed by atoms with Crippen LogP contribution >= 0.6 is 0 Å². The third-order valence-electron chi connectivity index (χ3n) is 15.6. The molecule has 2 aliphatic heterocycles. The van der Waals surface area contributed by atoms with Gasteiger partial charge in [0.2, 0.25) is 0 Å².